The molecule has 2 aromatic heterocycles. The molecule has 0 amide bonds. The molecule has 0 bridgehead atoms. The van der Waals surface area contributed by atoms with E-state index in [0.717, 1.165) is 33.5 Å². The zero-order valence-electron chi connectivity index (χ0n) is 15.2. The van der Waals surface area contributed by atoms with Gasteiger partial charge in [0.15, 0.2) is 0 Å². The Morgan fingerprint density at radius 2 is 1.21 bits per heavy atom. The molecular formula is C25H17N3. The predicted molar refractivity (Wildman–Crippen MR) is 115 cm³/mol. The van der Waals surface area contributed by atoms with Gasteiger partial charge in [0, 0.05) is 5.69 Å². The molecule has 0 fully saturated rings. The first kappa shape index (κ1) is 15.2. The zero-order valence-corrected chi connectivity index (χ0v) is 15.2. The normalized spacial score (nSPS) is 11.6. The average Bonchev–Trinajstić information content (AvgIpc) is 3.29. The molecule has 0 saturated carbocycles. The van der Waals surface area contributed by atoms with Crippen LogP contribution in [0.1, 0.15) is 0 Å². The molecule has 0 atom stereocenters. The third kappa shape index (κ3) is 2.13. The summed E-state index contributed by atoms with van der Waals surface area (Å²) in [6, 6.07) is 36.0. The quantitative estimate of drug-likeness (QED) is 0.366. The van der Waals surface area contributed by atoms with Crippen molar-refractivity contribution < 1.29 is 0 Å². The van der Waals surface area contributed by atoms with Crippen molar-refractivity contribution in [1.29, 1.82) is 0 Å². The lowest BCUT2D eigenvalue weighted by molar-refractivity contribution is 1.11. The Bertz CT molecular complexity index is 1460. The standard InChI is InChI=1S/C25H17N3/c1-2-9-18(10-3-1)19-11-8-12-20(17-19)27-23-15-6-7-16-24(23)28-22-14-5-4-13-21(22)26-25(27)28/h1-17H. The molecular weight excluding hydrogens is 342 g/mol. The van der Waals surface area contributed by atoms with Gasteiger partial charge in [-0.2, -0.15) is 0 Å². The molecule has 2 heterocycles. The monoisotopic (exact) mass is 359 g/mol. The predicted octanol–water partition coefficient (Wildman–Crippen LogP) is 6.10. The minimum Gasteiger partial charge on any atom is -0.278 e. The number of rotatable bonds is 2. The largest absolute Gasteiger partial charge is 0.278 e. The first-order valence-electron chi connectivity index (χ1n) is 9.43. The van der Waals surface area contributed by atoms with Gasteiger partial charge < -0.3 is 0 Å². The second kappa shape index (κ2) is 5.83. The molecule has 132 valence electrons. The Balaban J connectivity index is 1.70. The summed E-state index contributed by atoms with van der Waals surface area (Å²) in [4.78, 5) is 4.96. The second-order valence-corrected chi connectivity index (χ2v) is 6.98. The van der Waals surface area contributed by atoms with Crippen molar-refractivity contribution >= 4 is 27.8 Å². The number of para-hydroxylation sites is 4. The average molecular weight is 359 g/mol. The van der Waals surface area contributed by atoms with Gasteiger partial charge in [-0.1, -0.05) is 66.7 Å². The molecule has 0 spiro atoms. The number of nitrogens with zero attached hydrogens (tertiary/aromatic N) is 3. The van der Waals surface area contributed by atoms with Gasteiger partial charge in [0.05, 0.1) is 22.1 Å². The summed E-state index contributed by atoms with van der Waals surface area (Å²) in [5.41, 5.74) is 7.98. The summed E-state index contributed by atoms with van der Waals surface area (Å²) in [7, 11) is 0. The van der Waals surface area contributed by atoms with Gasteiger partial charge in [-0.15, -0.1) is 0 Å². The summed E-state index contributed by atoms with van der Waals surface area (Å²) >= 11 is 0. The molecule has 0 aliphatic heterocycles. The third-order valence-corrected chi connectivity index (χ3v) is 5.32. The molecule has 0 radical (unpaired) electrons. The smallest absolute Gasteiger partial charge is 0.220 e. The Kier molecular flexibility index (Phi) is 3.17. The maximum Gasteiger partial charge on any atom is 0.220 e. The molecule has 3 heteroatoms. The van der Waals surface area contributed by atoms with Crippen molar-refractivity contribution in [1.82, 2.24) is 14.0 Å². The summed E-state index contributed by atoms with van der Waals surface area (Å²) in [5.74, 6) is 0.938. The number of hydrogen-bond acceptors (Lipinski definition) is 1. The summed E-state index contributed by atoms with van der Waals surface area (Å²) in [6.07, 6.45) is 0. The van der Waals surface area contributed by atoms with E-state index in [-0.39, 0.29) is 0 Å². The van der Waals surface area contributed by atoms with Crippen LogP contribution in [0.2, 0.25) is 0 Å². The molecule has 0 aliphatic rings. The zero-order chi connectivity index (χ0) is 18.5. The van der Waals surface area contributed by atoms with E-state index in [0.29, 0.717) is 0 Å². The van der Waals surface area contributed by atoms with Gasteiger partial charge in [-0.25, -0.2) is 4.98 Å². The fourth-order valence-corrected chi connectivity index (χ4v) is 4.06. The van der Waals surface area contributed by atoms with Crippen LogP contribution >= 0.6 is 0 Å². The maximum absolute atomic E-state index is 4.96. The molecule has 6 aromatic rings. The van der Waals surface area contributed by atoms with Crippen molar-refractivity contribution in [3.8, 4) is 16.8 Å². The van der Waals surface area contributed by atoms with Crippen LogP contribution in [0.25, 0.3) is 44.7 Å². The van der Waals surface area contributed by atoms with Crippen molar-refractivity contribution in [2.24, 2.45) is 0 Å². The van der Waals surface area contributed by atoms with Crippen LogP contribution in [0.4, 0.5) is 0 Å². The minimum atomic E-state index is 0.938. The van der Waals surface area contributed by atoms with Crippen molar-refractivity contribution in [3.63, 3.8) is 0 Å². The van der Waals surface area contributed by atoms with Crippen LogP contribution in [0.3, 0.4) is 0 Å². The lowest BCUT2D eigenvalue weighted by atomic mass is 10.1. The number of hydrogen-bond donors (Lipinski definition) is 0. The Hall–Kier alpha value is -3.85. The van der Waals surface area contributed by atoms with E-state index in [4.69, 9.17) is 4.98 Å². The summed E-state index contributed by atoms with van der Waals surface area (Å²) in [5, 5.41) is 0. The SMILES string of the molecule is c1ccc(-c2cccc(-n3c4ccccc4n4c5ccccc5nc34)c2)cc1. The second-order valence-electron chi connectivity index (χ2n) is 6.98. The number of benzene rings is 4. The molecule has 0 N–H and O–H groups in total. The van der Waals surface area contributed by atoms with Crippen LogP contribution in [-0.2, 0) is 0 Å². The van der Waals surface area contributed by atoms with Gasteiger partial charge >= 0.3 is 0 Å². The van der Waals surface area contributed by atoms with Crippen molar-refractivity contribution in [3.05, 3.63) is 103 Å². The Morgan fingerprint density at radius 1 is 0.536 bits per heavy atom. The van der Waals surface area contributed by atoms with Crippen LogP contribution < -0.4 is 0 Å². The highest BCUT2D eigenvalue weighted by molar-refractivity contribution is 5.92. The highest BCUT2D eigenvalue weighted by Crippen LogP contribution is 2.30. The van der Waals surface area contributed by atoms with E-state index >= 15 is 0 Å². The summed E-state index contributed by atoms with van der Waals surface area (Å²) in [6.45, 7) is 0. The van der Waals surface area contributed by atoms with E-state index < -0.39 is 0 Å². The number of imidazole rings is 2. The van der Waals surface area contributed by atoms with E-state index in [2.05, 4.69) is 100.0 Å². The Morgan fingerprint density at radius 3 is 2.07 bits per heavy atom. The first-order valence-corrected chi connectivity index (χ1v) is 9.43. The van der Waals surface area contributed by atoms with Gasteiger partial charge in [-0.05, 0) is 47.5 Å². The molecule has 4 aromatic carbocycles. The van der Waals surface area contributed by atoms with E-state index in [1.54, 1.807) is 0 Å². The minimum absolute atomic E-state index is 0.938. The van der Waals surface area contributed by atoms with Gasteiger partial charge in [0.25, 0.3) is 0 Å². The topological polar surface area (TPSA) is 22.2 Å². The fourth-order valence-electron chi connectivity index (χ4n) is 4.06. The Labute approximate surface area is 162 Å². The molecule has 6 rings (SSSR count). The highest BCUT2D eigenvalue weighted by Gasteiger charge is 2.16. The number of fused-ring (bicyclic) bond motifs is 5. The summed E-state index contributed by atoms with van der Waals surface area (Å²) < 4.78 is 4.50. The van der Waals surface area contributed by atoms with Gasteiger partial charge in [0.2, 0.25) is 5.78 Å². The highest BCUT2D eigenvalue weighted by atomic mass is 15.2. The van der Waals surface area contributed by atoms with Gasteiger partial charge in [-0.3, -0.25) is 8.97 Å². The van der Waals surface area contributed by atoms with E-state index in [1.807, 2.05) is 12.1 Å². The molecule has 0 aliphatic carbocycles. The number of aromatic nitrogens is 3. The van der Waals surface area contributed by atoms with Crippen LogP contribution in [0, 0.1) is 0 Å². The maximum atomic E-state index is 4.96. The molecule has 28 heavy (non-hydrogen) atoms. The van der Waals surface area contributed by atoms with Crippen LogP contribution in [-0.4, -0.2) is 14.0 Å². The lowest BCUT2D eigenvalue weighted by Gasteiger charge is -2.08. The lowest BCUT2D eigenvalue weighted by Crippen LogP contribution is -1.95. The van der Waals surface area contributed by atoms with E-state index in [9.17, 15) is 0 Å². The van der Waals surface area contributed by atoms with Gasteiger partial charge in [0.1, 0.15) is 0 Å². The van der Waals surface area contributed by atoms with Crippen molar-refractivity contribution in [2.75, 3.05) is 0 Å². The molecule has 3 nitrogen and oxygen atoms in total. The third-order valence-electron chi connectivity index (χ3n) is 5.32. The molecule has 0 unspecified atom stereocenters. The van der Waals surface area contributed by atoms with E-state index in [1.165, 1.54) is 11.1 Å². The van der Waals surface area contributed by atoms with Crippen LogP contribution in [0.15, 0.2) is 103 Å². The first-order chi connectivity index (χ1) is 13.9. The van der Waals surface area contributed by atoms with Crippen molar-refractivity contribution in [2.45, 2.75) is 0 Å². The van der Waals surface area contributed by atoms with Crippen LogP contribution in [0.5, 0.6) is 0 Å². The fraction of sp³-hybridized carbons (Fsp3) is 0. The molecule has 0 saturated heterocycles.